The Balaban J connectivity index is 1.60. The van der Waals surface area contributed by atoms with Crippen molar-refractivity contribution >= 4 is 29.4 Å². The van der Waals surface area contributed by atoms with Gasteiger partial charge in [0.2, 0.25) is 0 Å². The molecule has 2 aromatic heterocycles. The highest BCUT2D eigenvalue weighted by atomic mass is 35.5. The van der Waals surface area contributed by atoms with Gasteiger partial charge in [-0.3, -0.25) is 0 Å². The number of halogens is 1. The first-order chi connectivity index (χ1) is 11.2. The number of piperazine rings is 1. The van der Waals surface area contributed by atoms with E-state index in [1.807, 2.05) is 17.0 Å². The van der Waals surface area contributed by atoms with Crippen LogP contribution in [-0.4, -0.2) is 48.7 Å². The highest BCUT2D eigenvalue weighted by Crippen LogP contribution is 2.20. The first-order valence-electron chi connectivity index (χ1n) is 7.41. The molecule has 2 aromatic rings. The molecule has 0 aromatic carbocycles. The highest BCUT2D eigenvalue weighted by Gasteiger charge is 2.23. The van der Waals surface area contributed by atoms with Crippen molar-refractivity contribution in [2.24, 2.45) is 0 Å². The zero-order valence-corrected chi connectivity index (χ0v) is 13.5. The van der Waals surface area contributed by atoms with Gasteiger partial charge in [0.25, 0.3) is 6.01 Å². The van der Waals surface area contributed by atoms with E-state index in [2.05, 4.69) is 14.9 Å². The minimum absolute atomic E-state index is 0.198. The zero-order valence-electron chi connectivity index (χ0n) is 12.7. The second kappa shape index (κ2) is 6.87. The molecule has 23 heavy (non-hydrogen) atoms. The molecular weight excluding hydrogens is 320 g/mol. The molecule has 122 valence electrons. The van der Waals surface area contributed by atoms with Crippen molar-refractivity contribution < 1.29 is 13.9 Å². The average Bonchev–Trinajstić information content (AvgIpc) is 3.06. The number of pyridine rings is 1. The Morgan fingerprint density at radius 1 is 1.30 bits per heavy atom. The first-order valence-corrected chi connectivity index (χ1v) is 7.79. The highest BCUT2D eigenvalue weighted by molar-refractivity contribution is 6.30. The van der Waals surface area contributed by atoms with E-state index in [0.29, 0.717) is 17.6 Å². The molecule has 0 N–H and O–H groups in total. The molecule has 0 aliphatic carbocycles. The van der Waals surface area contributed by atoms with Crippen LogP contribution in [0.2, 0.25) is 5.02 Å². The molecule has 0 saturated carbocycles. The predicted molar refractivity (Wildman–Crippen MR) is 86.1 cm³/mol. The Labute approximate surface area is 138 Å². The lowest BCUT2D eigenvalue weighted by Gasteiger charge is -2.34. The molecule has 1 fully saturated rings. The van der Waals surface area contributed by atoms with Crippen molar-refractivity contribution in [2.45, 2.75) is 6.92 Å². The van der Waals surface area contributed by atoms with Gasteiger partial charge in [-0.25, -0.2) is 9.78 Å². The van der Waals surface area contributed by atoms with Crippen molar-refractivity contribution in [2.75, 3.05) is 42.6 Å². The van der Waals surface area contributed by atoms with Gasteiger partial charge in [0, 0.05) is 32.4 Å². The van der Waals surface area contributed by atoms with E-state index in [1.165, 1.54) is 6.26 Å². The Bertz CT molecular complexity index is 666. The molecule has 8 heteroatoms. The summed E-state index contributed by atoms with van der Waals surface area (Å²) in [6, 6.07) is 4.18. The number of carbonyl (C=O) groups is 1. The molecule has 1 aliphatic rings. The van der Waals surface area contributed by atoms with Crippen LogP contribution >= 0.6 is 11.6 Å². The molecular formula is C15H17ClN4O3. The van der Waals surface area contributed by atoms with Gasteiger partial charge in [-0.05, 0) is 19.1 Å². The van der Waals surface area contributed by atoms with Gasteiger partial charge in [0.15, 0.2) is 5.69 Å². The van der Waals surface area contributed by atoms with Crippen molar-refractivity contribution in [3.05, 3.63) is 35.3 Å². The number of anilines is 2. The summed E-state index contributed by atoms with van der Waals surface area (Å²) in [4.78, 5) is 24.3. The van der Waals surface area contributed by atoms with Crippen LogP contribution in [0.15, 0.2) is 29.0 Å². The number of rotatable bonds is 4. The predicted octanol–water partition coefficient (Wildman–Crippen LogP) is 2.23. The third kappa shape index (κ3) is 3.56. The van der Waals surface area contributed by atoms with Gasteiger partial charge in [-0.2, -0.15) is 4.98 Å². The second-order valence-corrected chi connectivity index (χ2v) is 5.48. The van der Waals surface area contributed by atoms with Crippen LogP contribution in [0.3, 0.4) is 0 Å². The summed E-state index contributed by atoms with van der Waals surface area (Å²) >= 11 is 5.86. The van der Waals surface area contributed by atoms with Crippen molar-refractivity contribution in [3.8, 4) is 0 Å². The van der Waals surface area contributed by atoms with Gasteiger partial charge in [-0.15, -0.1) is 0 Å². The summed E-state index contributed by atoms with van der Waals surface area (Å²) in [7, 11) is 0. The molecule has 7 nitrogen and oxygen atoms in total. The van der Waals surface area contributed by atoms with Gasteiger partial charge in [-0.1, -0.05) is 11.6 Å². The average molecular weight is 337 g/mol. The van der Waals surface area contributed by atoms with Crippen LogP contribution in [0.5, 0.6) is 0 Å². The molecule has 0 amide bonds. The quantitative estimate of drug-likeness (QED) is 0.793. The van der Waals surface area contributed by atoms with Crippen molar-refractivity contribution in [1.29, 1.82) is 0 Å². The zero-order chi connectivity index (χ0) is 16.2. The summed E-state index contributed by atoms with van der Waals surface area (Å²) in [5, 5.41) is 0.624. The lowest BCUT2D eigenvalue weighted by atomic mass is 10.3. The fraction of sp³-hybridized carbons (Fsp3) is 0.400. The molecule has 3 heterocycles. The number of esters is 1. The summed E-state index contributed by atoms with van der Waals surface area (Å²) < 4.78 is 10.3. The maximum absolute atomic E-state index is 11.6. The largest absolute Gasteiger partial charge is 0.461 e. The summed E-state index contributed by atoms with van der Waals surface area (Å²) in [5.74, 6) is 0.431. The first kappa shape index (κ1) is 15.6. The van der Waals surface area contributed by atoms with Gasteiger partial charge in [0.05, 0.1) is 11.6 Å². The molecule has 3 rings (SSSR count). The second-order valence-electron chi connectivity index (χ2n) is 5.04. The fourth-order valence-corrected chi connectivity index (χ4v) is 2.50. The molecule has 0 unspecified atom stereocenters. The Morgan fingerprint density at radius 2 is 2.04 bits per heavy atom. The topological polar surface area (TPSA) is 71.7 Å². The van der Waals surface area contributed by atoms with E-state index < -0.39 is 5.97 Å². The summed E-state index contributed by atoms with van der Waals surface area (Å²) in [6.45, 7) is 5.09. The maximum Gasteiger partial charge on any atom is 0.360 e. The van der Waals surface area contributed by atoms with E-state index in [-0.39, 0.29) is 5.69 Å². The van der Waals surface area contributed by atoms with Gasteiger partial charge >= 0.3 is 5.97 Å². The van der Waals surface area contributed by atoms with E-state index in [4.69, 9.17) is 20.8 Å². The Kier molecular flexibility index (Phi) is 4.66. The molecule has 1 saturated heterocycles. The molecule has 0 atom stereocenters. The SMILES string of the molecule is CCOC(=O)c1coc(N2CCN(c3ccc(Cl)cn3)CC2)n1. The number of nitrogens with zero attached hydrogens (tertiary/aromatic N) is 4. The van der Waals surface area contributed by atoms with Crippen molar-refractivity contribution in [1.82, 2.24) is 9.97 Å². The van der Waals surface area contributed by atoms with E-state index >= 15 is 0 Å². The van der Waals surface area contributed by atoms with Crippen LogP contribution in [0.25, 0.3) is 0 Å². The molecule has 0 radical (unpaired) electrons. The summed E-state index contributed by atoms with van der Waals surface area (Å²) in [5.41, 5.74) is 0.198. The molecule has 1 aliphatic heterocycles. The fourth-order valence-electron chi connectivity index (χ4n) is 2.39. The third-order valence-corrected chi connectivity index (χ3v) is 3.79. The van der Waals surface area contributed by atoms with E-state index in [9.17, 15) is 4.79 Å². The van der Waals surface area contributed by atoms with Crippen LogP contribution in [0.1, 0.15) is 17.4 Å². The third-order valence-electron chi connectivity index (χ3n) is 3.56. The minimum atomic E-state index is -0.466. The molecule has 0 spiro atoms. The Morgan fingerprint density at radius 3 is 2.70 bits per heavy atom. The summed E-state index contributed by atoms with van der Waals surface area (Å²) in [6.07, 6.45) is 2.98. The van der Waals surface area contributed by atoms with Crippen LogP contribution < -0.4 is 9.80 Å². The van der Waals surface area contributed by atoms with Gasteiger partial charge in [0.1, 0.15) is 12.1 Å². The van der Waals surface area contributed by atoms with Crippen LogP contribution in [-0.2, 0) is 4.74 Å². The van der Waals surface area contributed by atoms with E-state index in [1.54, 1.807) is 13.1 Å². The lowest BCUT2D eigenvalue weighted by Crippen LogP contribution is -2.47. The number of ether oxygens (including phenoxy) is 1. The number of carbonyl (C=O) groups excluding carboxylic acids is 1. The molecule has 0 bridgehead atoms. The maximum atomic E-state index is 11.6. The number of hydrogen-bond acceptors (Lipinski definition) is 7. The van der Waals surface area contributed by atoms with Crippen LogP contribution in [0, 0.1) is 0 Å². The minimum Gasteiger partial charge on any atom is -0.461 e. The van der Waals surface area contributed by atoms with Gasteiger partial charge < -0.3 is 19.0 Å². The smallest absolute Gasteiger partial charge is 0.360 e. The number of hydrogen-bond donors (Lipinski definition) is 0. The lowest BCUT2D eigenvalue weighted by molar-refractivity contribution is 0.0519. The standard InChI is InChI=1S/C15H17ClN4O3/c1-2-22-14(21)12-10-23-15(18-12)20-7-5-19(6-8-20)13-4-3-11(16)9-17-13/h3-4,9-10H,2,5-8H2,1H3. The monoisotopic (exact) mass is 336 g/mol. The number of aromatic nitrogens is 2. The van der Waals surface area contributed by atoms with E-state index in [0.717, 1.165) is 32.0 Å². The van der Waals surface area contributed by atoms with Crippen LogP contribution in [0.4, 0.5) is 11.8 Å². The normalized spacial score (nSPS) is 14.9. The van der Waals surface area contributed by atoms with Crippen molar-refractivity contribution in [3.63, 3.8) is 0 Å². The number of oxazole rings is 1. The Hall–Kier alpha value is -2.28.